The van der Waals surface area contributed by atoms with Crippen molar-refractivity contribution < 1.29 is 9.53 Å². The number of pyridine rings is 1. The van der Waals surface area contributed by atoms with Crippen LogP contribution in [0, 0.1) is 0 Å². The molecule has 0 aliphatic heterocycles. The van der Waals surface area contributed by atoms with Gasteiger partial charge in [0.25, 0.3) is 5.91 Å². The van der Waals surface area contributed by atoms with E-state index in [1.165, 1.54) is 32.1 Å². The molecule has 0 atom stereocenters. The molecule has 0 radical (unpaired) electrons. The highest BCUT2D eigenvalue weighted by Crippen LogP contribution is 2.23. The van der Waals surface area contributed by atoms with Crippen LogP contribution in [0.15, 0.2) is 48.8 Å². The standard InChI is InChI=1S/C22H28N2O2/c1-24(20-11-5-3-2-4-6-12-20)22(25)19-10-7-13-21(15-19)26-17-18-9-8-14-23-16-18/h7-10,13-16,20H,2-6,11-12,17H2,1H3. The van der Waals surface area contributed by atoms with Gasteiger partial charge in [-0.3, -0.25) is 9.78 Å². The lowest BCUT2D eigenvalue weighted by Crippen LogP contribution is -2.37. The summed E-state index contributed by atoms with van der Waals surface area (Å²) in [6.45, 7) is 0.448. The summed E-state index contributed by atoms with van der Waals surface area (Å²) in [5.74, 6) is 0.799. The molecule has 0 unspecified atom stereocenters. The first-order valence-corrected chi connectivity index (χ1v) is 9.63. The van der Waals surface area contributed by atoms with Gasteiger partial charge in [0.2, 0.25) is 0 Å². The van der Waals surface area contributed by atoms with Crippen molar-refractivity contribution >= 4 is 5.91 Å². The van der Waals surface area contributed by atoms with Gasteiger partial charge >= 0.3 is 0 Å². The third-order valence-corrected chi connectivity index (χ3v) is 5.15. The van der Waals surface area contributed by atoms with Crippen LogP contribution in [0.1, 0.15) is 60.9 Å². The monoisotopic (exact) mass is 352 g/mol. The Labute approximate surface area is 156 Å². The smallest absolute Gasteiger partial charge is 0.253 e. The van der Waals surface area contributed by atoms with Crippen LogP contribution in [-0.4, -0.2) is 28.9 Å². The maximum Gasteiger partial charge on any atom is 0.253 e. The molecule has 1 amide bonds. The lowest BCUT2D eigenvalue weighted by Gasteiger charge is -2.30. The number of ether oxygens (including phenoxy) is 1. The van der Waals surface area contributed by atoms with Crippen molar-refractivity contribution in [2.45, 2.75) is 57.6 Å². The van der Waals surface area contributed by atoms with Crippen molar-refractivity contribution in [2.24, 2.45) is 0 Å². The number of hydrogen-bond acceptors (Lipinski definition) is 3. The lowest BCUT2D eigenvalue weighted by molar-refractivity contribution is 0.0706. The van der Waals surface area contributed by atoms with Gasteiger partial charge in [-0.2, -0.15) is 0 Å². The molecule has 26 heavy (non-hydrogen) atoms. The molecule has 4 nitrogen and oxygen atoms in total. The van der Waals surface area contributed by atoms with E-state index in [1.807, 2.05) is 48.3 Å². The van der Waals surface area contributed by atoms with Crippen molar-refractivity contribution in [2.75, 3.05) is 7.05 Å². The van der Waals surface area contributed by atoms with Crippen molar-refractivity contribution in [3.8, 4) is 5.75 Å². The second-order valence-corrected chi connectivity index (χ2v) is 7.09. The minimum atomic E-state index is 0.0856. The van der Waals surface area contributed by atoms with Crippen LogP contribution in [0.5, 0.6) is 5.75 Å². The highest BCUT2D eigenvalue weighted by molar-refractivity contribution is 5.94. The van der Waals surface area contributed by atoms with E-state index in [1.54, 1.807) is 12.4 Å². The zero-order chi connectivity index (χ0) is 18.2. The number of aromatic nitrogens is 1. The zero-order valence-corrected chi connectivity index (χ0v) is 15.6. The molecule has 1 aliphatic carbocycles. The topological polar surface area (TPSA) is 42.4 Å². The Morgan fingerprint density at radius 2 is 1.88 bits per heavy atom. The fraction of sp³-hybridized carbons (Fsp3) is 0.455. The molecule has 1 aliphatic rings. The molecule has 0 spiro atoms. The lowest BCUT2D eigenvalue weighted by atomic mass is 9.95. The number of hydrogen-bond donors (Lipinski definition) is 0. The zero-order valence-electron chi connectivity index (χ0n) is 15.6. The van der Waals surface area contributed by atoms with E-state index < -0.39 is 0 Å². The van der Waals surface area contributed by atoms with Crippen molar-refractivity contribution in [1.82, 2.24) is 9.88 Å². The molecule has 1 saturated carbocycles. The molecule has 3 rings (SSSR count). The molecule has 1 fully saturated rings. The summed E-state index contributed by atoms with van der Waals surface area (Å²) in [6.07, 6.45) is 12.1. The molecule has 0 saturated heterocycles. The summed E-state index contributed by atoms with van der Waals surface area (Å²) >= 11 is 0. The number of carbonyl (C=O) groups excluding carboxylic acids is 1. The van der Waals surface area contributed by atoms with Gasteiger partial charge in [-0.15, -0.1) is 0 Å². The average molecular weight is 352 g/mol. The predicted octanol–water partition coefficient (Wildman–Crippen LogP) is 4.85. The van der Waals surface area contributed by atoms with Gasteiger partial charge in [0, 0.05) is 36.6 Å². The Morgan fingerprint density at radius 1 is 1.12 bits per heavy atom. The van der Waals surface area contributed by atoms with E-state index >= 15 is 0 Å². The summed E-state index contributed by atoms with van der Waals surface area (Å²) in [4.78, 5) is 19.0. The van der Waals surface area contributed by atoms with E-state index in [-0.39, 0.29) is 5.91 Å². The van der Waals surface area contributed by atoms with Gasteiger partial charge in [0.05, 0.1) is 0 Å². The van der Waals surface area contributed by atoms with Gasteiger partial charge in [0.15, 0.2) is 0 Å². The maximum absolute atomic E-state index is 12.9. The molecule has 1 aromatic carbocycles. The summed E-state index contributed by atoms with van der Waals surface area (Å²) in [5, 5.41) is 0. The minimum absolute atomic E-state index is 0.0856. The fourth-order valence-corrected chi connectivity index (χ4v) is 3.56. The molecule has 1 aromatic heterocycles. The van der Waals surface area contributed by atoms with E-state index in [9.17, 15) is 4.79 Å². The van der Waals surface area contributed by atoms with Crippen molar-refractivity contribution in [1.29, 1.82) is 0 Å². The normalized spacial score (nSPS) is 15.7. The van der Waals surface area contributed by atoms with E-state index in [4.69, 9.17) is 4.74 Å². The van der Waals surface area contributed by atoms with Gasteiger partial charge in [-0.05, 0) is 37.1 Å². The first kappa shape index (κ1) is 18.4. The van der Waals surface area contributed by atoms with Gasteiger partial charge < -0.3 is 9.64 Å². The van der Waals surface area contributed by atoms with Crippen LogP contribution in [0.4, 0.5) is 0 Å². The molecule has 1 heterocycles. The third kappa shape index (κ3) is 5.07. The highest BCUT2D eigenvalue weighted by atomic mass is 16.5. The molecular weight excluding hydrogens is 324 g/mol. The number of rotatable bonds is 5. The molecular formula is C22H28N2O2. The Kier molecular flexibility index (Phi) is 6.64. The minimum Gasteiger partial charge on any atom is -0.489 e. The van der Waals surface area contributed by atoms with Crippen molar-refractivity contribution in [3.05, 3.63) is 59.9 Å². The number of carbonyl (C=O) groups is 1. The molecule has 138 valence electrons. The van der Waals surface area contributed by atoms with Crippen molar-refractivity contribution in [3.63, 3.8) is 0 Å². The average Bonchev–Trinajstić information content (AvgIpc) is 2.66. The third-order valence-electron chi connectivity index (χ3n) is 5.15. The van der Waals surface area contributed by atoms with Crippen LogP contribution >= 0.6 is 0 Å². The summed E-state index contributed by atoms with van der Waals surface area (Å²) in [5.41, 5.74) is 1.70. The molecule has 0 N–H and O–H groups in total. The number of amides is 1. The van der Waals surface area contributed by atoms with E-state index in [2.05, 4.69) is 4.98 Å². The molecule has 4 heteroatoms. The van der Waals surface area contributed by atoms with Crippen LogP contribution in [0.3, 0.4) is 0 Å². The Morgan fingerprint density at radius 3 is 2.62 bits per heavy atom. The number of benzene rings is 1. The van der Waals surface area contributed by atoms with E-state index in [0.717, 1.165) is 18.4 Å². The Balaban J connectivity index is 1.63. The summed E-state index contributed by atoms with van der Waals surface area (Å²) in [6, 6.07) is 11.7. The summed E-state index contributed by atoms with van der Waals surface area (Å²) in [7, 11) is 1.94. The fourth-order valence-electron chi connectivity index (χ4n) is 3.56. The van der Waals surface area contributed by atoms with Crippen LogP contribution in [0.2, 0.25) is 0 Å². The second-order valence-electron chi connectivity index (χ2n) is 7.09. The largest absolute Gasteiger partial charge is 0.489 e. The van der Waals surface area contributed by atoms with Crippen LogP contribution in [0.25, 0.3) is 0 Å². The SMILES string of the molecule is CN(C(=O)c1cccc(OCc2cccnc2)c1)C1CCCCCCC1. The van der Waals surface area contributed by atoms with Gasteiger partial charge in [-0.25, -0.2) is 0 Å². The molecule has 2 aromatic rings. The Bertz CT molecular complexity index is 694. The first-order valence-electron chi connectivity index (χ1n) is 9.63. The quantitative estimate of drug-likeness (QED) is 0.773. The van der Waals surface area contributed by atoms with Gasteiger partial charge in [0.1, 0.15) is 12.4 Å². The predicted molar refractivity (Wildman–Crippen MR) is 103 cm³/mol. The summed E-state index contributed by atoms with van der Waals surface area (Å²) < 4.78 is 5.83. The second kappa shape index (κ2) is 9.37. The van der Waals surface area contributed by atoms with Gasteiger partial charge in [-0.1, -0.05) is 44.2 Å². The number of nitrogens with zero attached hydrogens (tertiary/aromatic N) is 2. The Hall–Kier alpha value is -2.36. The maximum atomic E-state index is 12.9. The van der Waals surface area contributed by atoms with Crippen LogP contribution in [-0.2, 0) is 6.61 Å². The van der Waals surface area contributed by atoms with E-state index in [0.29, 0.717) is 24.0 Å². The van der Waals surface area contributed by atoms with Crippen LogP contribution < -0.4 is 4.74 Å². The molecule has 0 bridgehead atoms. The highest BCUT2D eigenvalue weighted by Gasteiger charge is 2.22. The first-order chi connectivity index (χ1) is 12.7.